The summed E-state index contributed by atoms with van der Waals surface area (Å²) in [6.07, 6.45) is 0. The van der Waals surface area contributed by atoms with Crippen LogP contribution in [0.3, 0.4) is 0 Å². The largest absolute Gasteiger partial charge is 0.507 e. The van der Waals surface area contributed by atoms with Crippen molar-refractivity contribution in [1.29, 1.82) is 0 Å². The highest BCUT2D eigenvalue weighted by Gasteiger charge is 2.15. The Kier molecular flexibility index (Phi) is 2.88. The minimum Gasteiger partial charge on any atom is -0.507 e. The molecule has 96 valence electrons. The first-order valence-corrected chi connectivity index (χ1v) is 6.32. The van der Waals surface area contributed by atoms with Gasteiger partial charge < -0.3 is 14.4 Å². The average molecular weight is 275 g/mol. The highest BCUT2D eigenvalue weighted by atomic mass is 32.1. The van der Waals surface area contributed by atoms with Crippen LogP contribution in [0.15, 0.2) is 33.6 Å². The Balaban J connectivity index is 2.03. The maximum Gasteiger partial charge on any atom is 0.262 e. The van der Waals surface area contributed by atoms with E-state index < -0.39 is 0 Å². The molecule has 0 atom stereocenters. The molecule has 0 saturated heterocycles. The quantitative estimate of drug-likeness (QED) is 0.791. The number of aromatic nitrogens is 3. The summed E-state index contributed by atoms with van der Waals surface area (Å²) < 4.78 is 10.2. The molecular weight excluding hydrogens is 266 g/mol. The molecule has 0 aliphatic rings. The van der Waals surface area contributed by atoms with Crippen molar-refractivity contribution in [2.75, 3.05) is 7.11 Å². The summed E-state index contributed by atoms with van der Waals surface area (Å²) in [4.78, 5) is 8.31. The van der Waals surface area contributed by atoms with Crippen molar-refractivity contribution in [3.8, 4) is 34.5 Å². The fourth-order valence-electron chi connectivity index (χ4n) is 1.57. The normalized spacial score (nSPS) is 10.6. The first kappa shape index (κ1) is 11.7. The van der Waals surface area contributed by atoms with Crippen LogP contribution in [-0.2, 0) is 0 Å². The van der Waals surface area contributed by atoms with E-state index in [1.807, 2.05) is 5.38 Å². The van der Waals surface area contributed by atoms with Gasteiger partial charge in [0.2, 0.25) is 5.82 Å². The van der Waals surface area contributed by atoms with Gasteiger partial charge in [-0.15, -0.1) is 11.3 Å². The zero-order valence-corrected chi connectivity index (χ0v) is 10.7. The maximum absolute atomic E-state index is 9.83. The van der Waals surface area contributed by atoms with E-state index in [4.69, 9.17) is 9.26 Å². The summed E-state index contributed by atoms with van der Waals surface area (Å²) >= 11 is 1.45. The smallest absolute Gasteiger partial charge is 0.262 e. The van der Waals surface area contributed by atoms with E-state index in [1.54, 1.807) is 24.8 Å². The molecule has 6 nitrogen and oxygen atoms in total. The van der Waals surface area contributed by atoms with Gasteiger partial charge in [-0.05, 0) is 18.2 Å². The Labute approximate surface area is 112 Å². The van der Waals surface area contributed by atoms with Crippen molar-refractivity contribution in [3.05, 3.63) is 29.1 Å². The molecule has 0 unspecified atom stereocenters. The number of rotatable bonds is 3. The topological polar surface area (TPSA) is 81.3 Å². The lowest BCUT2D eigenvalue weighted by molar-refractivity contribution is 0.408. The highest BCUT2D eigenvalue weighted by Crippen LogP contribution is 2.32. The standard InChI is InChI=1S/C12H9N3O3S/c1-17-7-2-3-10(16)8(4-7)12-14-11(15-18-12)9-5-19-6-13-9/h2-6,16H,1H3. The highest BCUT2D eigenvalue weighted by molar-refractivity contribution is 7.07. The van der Waals surface area contributed by atoms with Gasteiger partial charge in [0.05, 0.1) is 18.2 Å². The van der Waals surface area contributed by atoms with Crippen molar-refractivity contribution in [3.63, 3.8) is 0 Å². The van der Waals surface area contributed by atoms with Crippen LogP contribution >= 0.6 is 11.3 Å². The molecule has 0 spiro atoms. The van der Waals surface area contributed by atoms with Crippen LogP contribution in [0.5, 0.6) is 11.5 Å². The van der Waals surface area contributed by atoms with Gasteiger partial charge in [-0.2, -0.15) is 4.98 Å². The number of thiazole rings is 1. The van der Waals surface area contributed by atoms with E-state index in [-0.39, 0.29) is 11.6 Å². The van der Waals surface area contributed by atoms with Crippen LogP contribution in [0.4, 0.5) is 0 Å². The second kappa shape index (κ2) is 4.69. The lowest BCUT2D eigenvalue weighted by Gasteiger charge is -2.02. The van der Waals surface area contributed by atoms with E-state index in [0.717, 1.165) is 0 Å². The molecule has 7 heteroatoms. The van der Waals surface area contributed by atoms with E-state index in [1.165, 1.54) is 17.4 Å². The van der Waals surface area contributed by atoms with Crippen LogP contribution in [-0.4, -0.2) is 27.3 Å². The Morgan fingerprint density at radius 3 is 3.00 bits per heavy atom. The first-order valence-electron chi connectivity index (χ1n) is 5.37. The van der Waals surface area contributed by atoms with Crippen molar-refractivity contribution in [2.24, 2.45) is 0 Å². The van der Waals surface area contributed by atoms with Crippen molar-refractivity contribution < 1.29 is 14.4 Å². The number of aromatic hydroxyl groups is 1. The number of ether oxygens (including phenoxy) is 1. The van der Waals surface area contributed by atoms with Gasteiger partial charge in [-0.25, -0.2) is 4.98 Å². The summed E-state index contributed by atoms with van der Waals surface area (Å²) in [5.74, 6) is 1.26. The molecule has 2 aromatic heterocycles. The molecule has 1 N–H and O–H groups in total. The predicted octanol–water partition coefficient (Wildman–Crippen LogP) is 2.57. The number of hydrogen-bond donors (Lipinski definition) is 1. The lowest BCUT2D eigenvalue weighted by atomic mass is 10.2. The number of hydrogen-bond acceptors (Lipinski definition) is 7. The number of methoxy groups -OCH3 is 1. The lowest BCUT2D eigenvalue weighted by Crippen LogP contribution is -1.85. The first-order chi connectivity index (χ1) is 9.28. The summed E-state index contributed by atoms with van der Waals surface area (Å²) in [6.45, 7) is 0. The van der Waals surface area contributed by atoms with Gasteiger partial charge >= 0.3 is 0 Å². The summed E-state index contributed by atoms with van der Waals surface area (Å²) in [5, 5.41) is 15.5. The van der Waals surface area contributed by atoms with Gasteiger partial charge in [-0.3, -0.25) is 0 Å². The van der Waals surface area contributed by atoms with E-state index in [9.17, 15) is 5.11 Å². The molecule has 0 aliphatic heterocycles. The second-order valence-electron chi connectivity index (χ2n) is 3.68. The van der Waals surface area contributed by atoms with E-state index in [2.05, 4.69) is 15.1 Å². The zero-order chi connectivity index (χ0) is 13.2. The third-order valence-electron chi connectivity index (χ3n) is 2.52. The van der Waals surface area contributed by atoms with Crippen molar-refractivity contribution in [1.82, 2.24) is 15.1 Å². The third-order valence-corrected chi connectivity index (χ3v) is 3.11. The molecule has 0 amide bonds. The summed E-state index contributed by atoms with van der Waals surface area (Å²) in [5.41, 5.74) is 2.75. The second-order valence-corrected chi connectivity index (χ2v) is 4.40. The molecule has 0 saturated carbocycles. The Morgan fingerprint density at radius 2 is 2.26 bits per heavy atom. The minimum atomic E-state index is 0.0503. The van der Waals surface area contributed by atoms with E-state index in [0.29, 0.717) is 22.8 Å². The molecule has 19 heavy (non-hydrogen) atoms. The van der Waals surface area contributed by atoms with E-state index >= 15 is 0 Å². The fourth-order valence-corrected chi connectivity index (χ4v) is 2.10. The van der Waals surface area contributed by atoms with Crippen molar-refractivity contribution in [2.45, 2.75) is 0 Å². The van der Waals surface area contributed by atoms with Crippen molar-refractivity contribution >= 4 is 11.3 Å². The van der Waals surface area contributed by atoms with Crippen LogP contribution < -0.4 is 4.74 Å². The monoisotopic (exact) mass is 275 g/mol. The number of benzene rings is 1. The molecule has 0 fully saturated rings. The van der Waals surface area contributed by atoms with Crippen LogP contribution in [0, 0.1) is 0 Å². The Morgan fingerprint density at radius 1 is 1.37 bits per heavy atom. The molecular formula is C12H9N3O3S. The molecule has 0 radical (unpaired) electrons. The van der Waals surface area contributed by atoms with Gasteiger partial charge in [0.25, 0.3) is 5.89 Å². The zero-order valence-electron chi connectivity index (χ0n) is 9.90. The Hall–Kier alpha value is -2.41. The molecule has 2 heterocycles. The molecule has 0 bridgehead atoms. The van der Waals surface area contributed by atoms with Crippen LogP contribution in [0.2, 0.25) is 0 Å². The molecule has 1 aromatic carbocycles. The fraction of sp³-hybridized carbons (Fsp3) is 0.0833. The van der Waals surface area contributed by atoms with Crippen LogP contribution in [0.25, 0.3) is 23.0 Å². The SMILES string of the molecule is COc1ccc(O)c(-c2nc(-c3cscn3)no2)c1. The molecule has 0 aliphatic carbocycles. The maximum atomic E-state index is 9.83. The molecule has 3 aromatic rings. The number of nitrogens with zero attached hydrogens (tertiary/aromatic N) is 3. The summed E-state index contributed by atoms with van der Waals surface area (Å²) in [7, 11) is 1.55. The number of phenolic OH excluding ortho intramolecular Hbond substituents is 1. The summed E-state index contributed by atoms with van der Waals surface area (Å²) in [6, 6.07) is 4.80. The van der Waals surface area contributed by atoms with Crippen LogP contribution in [0.1, 0.15) is 0 Å². The Bertz CT molecular complexity index is 694. The van der Waals surface area contributed by atoms with Gasteiger partial charge in [0, 0.05) is 5.38 Å². The molecule has 3 rings (SSSR count). The predicted molar refractivity (Wildman–Crippen MR) is 69.1 cm³/mol. The average Bonchev–Trinajstić information content (AvgIpc) is 3.10. The number of phenols is 1. The van der Waals surface area contributed by atoms with Gasteiger partial charge in [0.1, 0.15) is 17.2 Å². The van der Waals surface area contributed by atoms with Gasteiger partial charge in [0.15, 0.2) is 0 Å². The minimum absolute atomic E-state index is 0.0503. The third kappa shape index (κ3) is 2.15. The van der Waals surface area contributed by atoms with Gasteiger partial charge in [-0.1, -0.05) is 5.16 Å².